The molecular weight excluding hydrogens is 381 g/mol. The second-order valence-corrected chi connectivity index (χ2v) is 8.25. The predicted molar refractivity (Wildman–Crippen MR) is 99.1 cm³/mol. The Kier molecular flexibility index (Phi) is 6.61. The highest BCUT2D eigenvalue weighted by Gasteiger charge is 2.13. The minimum absolute atomic E-state index is 0.0596. The van der Waals surface area contributed by atoms with Gasteiger partial charge in [-0.2, -0.15) is 0 Å². The summed E-state index contributed by atoms with van der Waals surface area (Å²) in [5.74, 6) is -0.469. The highest BCUT2D eigenvalue weighted by atomic mass is 35.5. The molecule has 0 aromatic heterocycles. The number of carbonyl (C=O) groups excluding carboxylic acids is 1. The third-order valence-corrected chi connectivity index (χ3v) is 5.12. The molecule has 0 radical (unpaired) electrons. The molecule has 26 heavy (non-hydrogen) atoms. The first-order valence-corrected chi connectivity index (χ1v) is 10.1. The van der Waals surface area contributed by atoms with Crippen LogP contribution in [0, 0.1) is 12.7 Å². The van der Waals surface area contributed by atoms with Crippen LogP contribution in [0.4, 0.5) is 10.1 Å². The Bertz CT molecular complexity index is 915. The zero-order chi connectivity index (χ0) is 19.3. The van der Waals surface area contributed by atoms with Crippen LogP contribution in [0.25, 0.3) is 0 Å². The lowest BCUT2D eigenvalue weighted by Gasteiger charge is -2.09. The molecule has 0 fully saturated rings. The predicted octanol–water partition coefficient (Wildman–Crippen LogP) is 3.99. The van der Waals surface area contributed by atoms with E-state index in [1.165, 1.54) is 0 Å². The second-order valence-electron chi connectivity index (χ2n) is 5.82. The molecule has 8 heteroatoms. The SMILES string of the molecule is Cc1cc(OCCCC(=O)Nc2cc(S(C)(=O)=O)ccc2F)ccc1Cl. The van der Waals surface area contributed by atoms with E-state index < -0.39 is 21.6 Å². The molecule has 140 valence electrons. The van der Waals surface area contributed by atoms with Gasteiger partial charge in [-0.15, -0.1) is 0 Å². The van der Waals surface area contributed by atoms with Gasteiger partial charge in [0.25, 0.3) is 0 Å². The van der Waals surface area contributed by atoms with Crippen molar-refractivity contribution in [3.8, 4) is 5.75 Å². The van der Waals surface area contributed by atoms with E-state index in [0.29, 0.717) is 23.8 Å². The molecular formula is C18H19ClFNO4S. The normalized spacial score (nSPS) is 11.2. The topological polar surface area (TPSA) is 72.5 Å². The molecule has 0 atom stereocenters. The molecule has 2 aromatic carbocycles. The second kappa shape index (κ2) is 8.51. The van der Waals surface area contributed by atoms with Crippen molar-refractivity contribution in [2.45, 2.75) is 24.7 Å². The minimum Gasteiger partial charge on any atom is -0.494 e. The van der Waals surface area contributed by atoms with E-state index >= 15 is 0 Å². The van der Waals surface area contributed by atoms with E-state index in [0.717, 1.165) is 30.0 Å². The van der Waals surface area contributed by atoms with Gasteiger partial charge in [-0.3, -0.25) is 4.79 Å². The number of ether oxygens (including phenoxy) is 1. The van der Waals surface area contributed by atoms with Crippen molar-refractivity contribution in [2.75, 3.05) is 18.2 Å². The number of amides is 1. The highest BCUT2D eigenvalue weighted by Crippen LogP contribution is 2.22. The summed E-state index contributed by atoms with van der Waals surface area (Å²) in [6.07, 6.45) is 1.54. The van der Waals surface area contributed by atoms with Gasteiger partial charge in [0.2, 0.25) is 5.91 Å². The fourth-order valence-electron chi connectivity index (χ4n) is 2.17. The Balaban J connectivity index is 1.86. The largest absolute Gasteiger partial charge is 0.494 e. The molecule has 0 aliphatic rings. The number of halogens is 2. The number of rotatable bonds is 7. The molecule has 2 aromatic rings. The van der Waals surface area contributed by atoms with Crippen LogP contribution in [0.1, 0.15) is 18.4 Å². The molecule has 1 N–H and O–H groups in total. The van der Waals surface area contributed by atoms with Gasteiger partial charge in [-0.25, -0.2) is 12.8 Å². The van der Waals surface area contributed by atoms with Crippen LogP contribution in [0.3, 0.4) is 0 Å². The first-order valence-electron chi connectivity index (χ1n) is 7.85. The van der Waals surface area contributed by atoms with E-state index in [1.54, 1.807) is 18.2 Å². The van der Waals surface area contributed by atoms with Gasteiger partial charge in [0, 0.05) is 17.7 Å². The van der Waals surface area contributed by atoms with Crippen LogP contribution in [0.2, 0.25) is 5.02 Å². The molecule has 0 aliphatic carbocycles. The lowest BCUT2D eigenvalue weighted by atomic mass is 10.2. The number of benzene rings is 2. The summed E-state index contributed by atoms with van der Waals surface area (Å²) < 4.78 is 42.3. The highest BCUT2D eigenvalue weighted by molar-refractivity contribution is 7.90. The summed E-state index contributed by atoms with van der Waals surface area (Å²) in [6.45, 7) is 2.17. The van der Waals surface area contributed by atoms with E-state index in [-0.39, 0.29) is 17.0 Å². The number of sulfone groups is 1. The van der Waals surface area contributed by atoms with Gasteiger partial charge in [0.1, 0.15) is 11.6 Å². The van der Waals surface area contributed by atoms with E-state index in [1.807, 2.05) is 6.92 Å². The Labute approximate surface area is 157 Å². The van der Waals surface area contributed by atoms with E-state index in [9.17, 15) is 17.6 Å². The molecule has 5 nitrogen and oxygen atoms in total. The monoisotopic (exact) mass is 399 g/mol. The Morgan fingerprint density at radius 3 is 2.62 bits per heavy atom. The van der Waals surface area contributed by atoms with Crippen molar-refractivity contribution in [2.24, 2.45) is 0 Å². The quantitative estimate of drug-likeness (QED) is 0.564. The maximum absolute atomic E-state index is 13.8. The van der Waals surface area contributed by atoms with Crippen molar-refractivity contribution in [3.63, 3.8) is 0 Å². The van der Waals surface area contributed by atoms with Gasteiger partial charge < -0.3 is 10.1 Å². The third-order valence-electron chi connectivity index (χ3n) is 3.59. The lowest BCUT2D eigenvalue weighted by molar-refractivity contribution is -0.116. The zero-order valence-electron chi connectivity index (χ0n) is 14.4. The number of nitrogens with one attached hydrogen (secondary N) is 1. The number of hydrogen-bond donors (Lipinski definition) is 1. The Morgan fingerprint density at radius 1 is 1.23 bits per heavy atom. The number of carbonyl (C=O) groups is 1. The maximum Gasteiger partial charge on any atom is 0.224 e. The standard InChI is InChI=1S/C18H19ClFNO4S/c1-12-10-13(5-7-15(12)19)25-9-3-4-18(22)21-17-11-14(26(2,23)24)6-8-16(17)20/h5-8,10-11H,3-4,9H2,1-2H3,(H,21,22). The summed E-state index contributed by atoms with van der Waals surface area (Å²) in [5.41, 5.74) is 0.732. The third kappa shape index (κ3) is 5.71. The average molecular weight is 400 g/mol. The van der Waals surface area contributed by atoms with Crippen LogP contribution in [-0.2, 0) is 14.6 Å². The van der Waals surface area contributed by atoms with Crippen molar-refractivity contribution in [1.82, 2.24) is 0 Å². The Morgan fingerprint density at radius 2 is 1.96 bits per heavy atom. The summed E-state index contributed by atoms with van der Waals surface area (Å²) in [6, 6.07) is 8.54. The number of hydrogen-bond acceptors (Lipinski definition) is 4. The van der Waals surface area contributed by atoms with E-state index in [2.05, 4.69) is 5.32 Å². The first-order chi connectivity index (χ1) is 12.2. The van der Waals surface area contributed by atoms with Crippen LogP contribution in [0.5, 0.6) is 5.75 Å². The Hall–Kier alpha value is -2.12. The molecule has 0 spiro atoms. The van der Waals surface area contributed by atoms with Gasteiger partial charge in [0.15, 0.2) is 9.84 Å². The molecule has 2 rings (SSSR count). The van der Waals surface area contributed by atoms with E-state index in [4.69, 9.17) is 16.3 Å². The fraction of sp³-hybridized carbons (Fsp3) is 0.278. The molecule has 0 aliphatic heterocycles. The average Bonchev–Trinajstić information content (AvgIpc) is 2.56. The minimum atomic E-state index is -3.48. The summed E-state index contributed by atoms with van der Waals surface area (Å²) in [4.78, 5) is 11.9. The molecule has 0 saturated carbocycles. The van der Waals surface area contributed by atoms with Crippen LogP contribution in [-0.4, -0.2) is 27.2 Å². The van der Waals surface area contributed by atoms with Gasteiger partial charge in [-0.1, -0.05) is 11.6 Å². The molecule has 0 bridgehead atoms. The van der Waals surface area contributed by atoms with Crippen LogP contribution in [0.15, 0.2) is 41.3 Å². The summed E-state index contributed by atoms with van der Waals surface area (Å²) in [5, 5.41) is 3.03. The zero-order valence-corrected chi connectivity index (χ0v) is 16.0. The maximum atomic E-state index is 13.8. The van der Waals surface area contributed by atoms with Crippen molar-refractivity contribution in [1.29, 1.82) is 0 Å². The van der Waals surface area contributed by atoms with Gasteiger partial charge >= 0.3 is 0 Å². The van der Waals surface area contributed by atoms with Crippen molar-refractivity contribution < 1.29 is 22.3 Å². The summed E-state index contributed by atoms with van der Waals surface area (Å²) in [7, 11) is -3.48. The molecule has 1 amide bonds. The molecule has 0 saturated heterocycles. The molecule has 0 heterocycles. The first kappa shape index (κ1) is 20.2. The van der Waals surface area contributed by atoms with Crippen LogP contribution < -0.4 is 10.1 Å². The lowest BCUT2D eigenvalue weighted by Crippen LogP contribution is -2.14. The fourth-order valence-corrected chi connectivity index (χ4v) is 2.94. The molecule has 0 unspecified atom stereocenters. The van der Waals surface area contributed by atoms with Gasteiger partial charge in [0.05, 0.1) is 17.2 Å². The van der Waals surface area contributed by atoms with Crippen LogP contribution >= 0.6 is 11.6 Å². The number of anilines is 1. The summed E-state index contributed by atoms with van der Waals surface area (Å²) >= 11 is 5.94. The van der Waals surface area contributed by atoms with Crippen molar-refractivity contribution >= 4 is 33.0 Å². The smallest absolute Gasteiger partial charge is 0.224 e. The van der Waals surface area contributed by atoms with Crippen molar-refractivity contribution in [3.05, 3.63) is 52.8 Å². The van der Waals surface area contributed by atoms with Gasteiger partial charge in [-0.05, 0) is 55.3 Å². The number of aryl methyl sites for hydroxylation is 1.